The highest BCUT2D eigenvalue weighted by atomic mass is 35.5. The molecule has 1 N–H and O–H groups in total. The number of aromatic nitrogens is 1. The number of amides is 1. The van der Waals surface area contributed by atoms with Gasteiger partial charge in [0.1, 0.15) is 11.3 Å². The smallest absolute Gasteiger partial charge is 0.227 e. The SMILES string of the molecule is COc1ccccc1CCC(=O)Nc1ccc(-c2nc3cc(Cl)ccc3o2)cc1. The molecule has 4 aromatic rings. The number of ether oxygens (including phenoxy) is 1. The van der Waals surface area contributed by atoms with Gasteiger partial charge >= 0.3 is 0 Å². The third kappa shape index (κ3) is 4.41. The van der Waals surface area contributed by atoms with Crippen LogP contribution in [0.4, 0.5) is 5.69 Å². The summed E-state index contributed by atoms with van der Waals surface area (Å²) in [5.41, 5.74) is 3.94. The molecule has 0 saturated heterocycles. The first-order valence-corrected chi connectivity index (χ1v) is 9.58. The summed E-state index contributed by atoms with van der Waals surface area (Å²) < 4.78 is 11.1. The number of carbonyl (C=O) groups is 1. The molecule has 0 fully saturated rings. The number of para-hydroxylation sites is 1. The Hall–Kier alpha value is -3.31. The minimum absolute atomic E-state index is 0.0554. The number of hydrogen-bond acceptors (Lipinski definition) is 4. The predicted octanol–water partition coefficient (Wildman–Crippen LogP) is 5.73. The fourth-order valence-electron chi connectivity index (χ4n) is 3.10. The number of hydrogen-bond donors (Lipinski definition) is 1. The lowest BCUT2D eigenvalue weighted by atomic mass is 10.1. The summed E-state index contributed by atoms with van der Waals surface area (Å²) in [4.78, 5) is 16.8. The van der Waals surface area contributed by atoms with Crippen molar-refractivity contribution in [2.45, 2.75) is 12.8 Å². The van der Waals surface area contributed by atoms with Crippen molar-refractivity contribution in [2.75, 3.05) is 12.4 Å². The maximum atomic E-state index is 12.3. The first-order valence-electron chi connectivity index (χ1n) is 9.20. The number of oxazole rings is 1. The number of methoxy groups -OCH3 is 1. The maximum Gasteiger partial charge on any atom is 0.227 e. The van der Waals surface area contributed by atoms with Gasteiger partial charge in [0, 0.05) is 22.7 Å². The summed E-state index contributed by atoms with van der Waals surface area (Å²) in [5, 5.41) is 3.53. The van der Waals surface area contributed by atoms with E-state index in [1.807, 2.05) is 48.5 Å². The molecule has 6 heteroatoms. The lowest BCUT2D eigenvalue weighted by Gasteiger charge is -2.09. The van der Waals surface area contributed by atoms with Crippen LogP contribution in [0.5, 0.6) is 5.75 Å². The van der Waals surface area contributed by atoms with E-state index in [0.717, 1.165) is 22.6 Å². The minimum Gasteiger partial charge on any atom is -0.496 e. The van der Waals surface area contributed by atoms with Crippen molar-refractivity contribution in [3.63, 3.8) is 0 Å². The zero-order valence-electron chi connectivity index (χ0n) is 15.8. The average Bonchev–Trinajstić information content (AvgIpc) is 3.16. The van der Waals surface area contributed by atoms with Crippen molar-refractivity contribution in [3.8, 4) is 17.2 Å². The molecule has 0 aliphatic heterocycles. The van der Waals surface area contributed by atoms with Gasteiger partial charge in [-0.2, -0.15) is 0 Å². The van der Waals surface area contributed by atoms with Gasteiger partial charge in [-0.3, -0.25) is 4.79 Å². The van der Waals surface area contributed by atoms with E-state index in [-0.39, 0.29) is 5.91 Å². The van der Waals surface area contributed by atoms with Crippen LogP contribution < -0.4 is 10.1 Å². The summed E-state index contributed by atoms with van der Waals surface area (Å²) in [6, 6.07) is 20.4. The zero-order valence-corrected chi connectivity index (χ0v) is 16.6. The summed E-state index contributed by atoms with van der Waals surface area (Å²) in [5.74, 6) is 1.25. The van der Waals surface area contributed by atoms with Crippen LogP contribution in [-0.2, 0) is 11.2 Å². The Labute approximate surface area is 173 Å². The van der Waals surface area contributed by atoms with Gasteiger partial charge in [-0.05, 0) is 60.5 Å². The molecule has 1 amide bonds. The van der Waals surface area contributed by atoms with Gasteiger partial charge in [0.05, 0.1) is 7.11 Å². The first-order chi connectivity index (χ1) is 14.1. The van der Waals surface area contributed by atoms with E-state index in [2.05, 4.69) is 10.3 Å². The molecule has 0 aliphatic carbocycles. The molecule has 3 aromatic carbocycles. The molecule has 0 spiro atoms. The number of benzene rings is 3. The van der Waals surface area contributed by atoms with Crippen molar-refractivity contribution in [3.05, 3.63) is 77.3 Å². The molecule has 146 valence electrons. The number of nitrogens with zero attached hydrogens (tertiary/aromatic N) is 1. The van der Waals surface area contributed by atoms with Gasteiger partial charge in [0.2, 0.25) is 11.8 Å². The molecule has 4 rings (SSSR count). The van der Waals surface area contributed by atoms with Crippen LogP contribution in [0.25, 0.3) is 22.6 Å². The van der Waals surface area contributed by atoms with Crippen molar-refractivity contribution in [1.29, 1.82) is 0 Å². The highest BCUT2D eigenvalue weighted by Crippen LogP contribution is 2.27. The molecule has 0 unspecified atom stereocenters. The number of rotatable bonds is 6. The van der Waals surface area contributed by atoms with Crippen LogP contribution in [-0.4, -0.2) is 18.0 Å². The van der Waals surface area contributed by atoms with E-state index >= 15 is 0 Å². The Bertz CT molecular complexity index is 1150. The average molecular weight is 407 g/mol. The van der Waals surface area contributed by atoms with Crippen LogP contribution in [0, 0.1) is 0 Å². The molecule has 1 heterocycles. The van der Waals surface area contributed by atoms with E-state index in [1.54, 1.807) is 25.3 Å². The summed E-state index contributed by atoms with van der Waals surface area (Å²) >= 11 is 6.00. The lowest BCUT2D eigenvalue weighted by Crippen LogP contribution is -2.12. The standard InChI is InChI=1S/C23H19ClN2O3/c1-28-20-5-3-2-4-15(20)8-13-22(27)25-18-10-6-16(7-11-18)23-26-19-14-17(24)9-12-21(19)29-23/h2-7,9-12,14H,8,13H2,1H3,(H,25,27). The van der Waals surface area contributed by atoms with Gasteiger partial charge in [-0.25, -0.2) is 4.98 Å². The van der Waals surface area contributed by atoms with Crippen molar-refractivity contribution < 1.29 is 13.9 Å². The normalized spacial score (nSPS) is 10.8. The Balaban J connectivity index is 1.40. The fraction of sp³-hybridized carbons (Fsp3) is 0.130. The largest absolute Gasteiger partial charge is 0.496 e. The molecule has 0 atom stereocenters. The molecule has 0 saturated carbocycles. The quantitative estimate of drug-likeness (QED) is 0.444. The van der Waals surface area contributed by atoms with E-state index in [0.29, 0.717) is 34.9 Å². The number of fused-ring (bicyclic) bond motifs is 1. The second-order valence-corrected chi connectivity index (χ2v) is 7.00. The van der Waals surface area contributed by atoms with Gasteiger partial charge in [0.15, 0.2) is 5.58 Å². The second kappa shape index (κ2) is 8.37. The number of carbonyl (C=O) groups excluding carboxylic acids is 1. The topological polar surface area (TPSA) is 64.4 Å². The zero-order chi connectivity index (χ0) is 20.2. The Morgan fingerprint density at radius 1 is 1.10 bits per heavy atom. The second-order valence-electron chi connectivity index (χ2n) is 6.57. The maximum absolute atomic E-state index is 12.3. The van der Waals surface area contributed by atoms with Crippen LogP contribution in [0.2, 0.25) is 5.02 Å². The third-order valence-corrected chi connectivity index (χ3v) is 4.81. The highest BCUT2D eigenvalue weighted by molar-refractivity contribution is 6.31. The minimum atomic E-state index is -0.0554. The molecule has 0 radical (unpaired) electrons. The van der Waals surface area contributed by atoms with Crippen molar-refractivity contribution in [2.24, 2.45) is 0 Å². The van der Waals surface area contributed by atoms with Crippen LogP contribution in [0.15, 0.2) is 71.1 Å². The van der Waals surface area contributed by atoms with E-state index in [4.69, 9.17) is 20.8 Å². The number of halogens is 1. The number of anilines is 1. The highest BCUT2D eigenvalue weighted by Gasteiger charge is 2.10. The Kier molecular flexibility index (Phi) is 5.49. The molecular weight excluding hydrogens is 388 g/mol. The summed E-state index contributed by atoms with van der Waals surface area (Å²) in [6.45, 7) is 0. The first kappa shape index (κ1) is 19.0. The van der Waals surface area contributed by atoms with Crippen LogP contribution >= 0.6 is 11.6 Å². The lowest BCUT2D eigenvalue weighted by molar-refractivity contribution is -0.116. The summed E-state index contributed by atoms with van der Waals surface area (Å²) in [7, 11) is 1.63. The predicted molar refractivity (Wildman–Crippen MR) is 114 cm³/mol. The molecule has 0 bridgehead atoms. The van der Waals surface area contributed by atoms with Gasteiger partial charge in [0.25, 0.3) is 0 Å². The fourth-order valence-corrected chi connectivity index (χ4v) is 3.27. The summed E-state index contributed by atoms with van der Waals surface area (Å²) in [6.07, 6.45) is 0.980. The Morgan fingerprint density at radius 2 is 1.90 bits per heavy atom. The molecule has 29 heavy (non-hydrogen) atoms. The van der Waals surface area contributed by atoms with Crippen molar-refractivity contribution >= 4 is 34.3 Å². The molecule has 1 aromatic heterocycles. The number of aryl methyl sites for hydroxylation is 1. The Morgan fingerprint density at radius 3 is 2.69 bits per heavy atom. The van der Waals surface area contributed by atoms with Gasteiger partial charge in [-0.1, -0.05) is 29.8 Å². The van der Waals surface area contributed by atoms with E-state index in [1.165, 1.54) is 0 Å². The molecular formula is C23H19ClN2O3. The van der Waals surface area contributed by atoms with Crippen molar-refractivity contribution in [1.82, 2.24) is 4.98 Å². The van der Waals surface area contributed by atoms with E-state index < -0.39 is 0 Å². The monoisotopic (exact) mass is 406 g/mol. The number of nitrogens with one attached hydrogen (secondary N) is 1. The van der Waals surface area contributed by atoms with Gasteiger partial charge < -0.3 is 14.5 Å². The van der Waals surface area contributed by atoms with Gasteiger partial charge in [-0.15, -0.1) is 0 Å². The van der Waals surface area contributed by atoms with Crippen LogP contribution in [0.3, 0.4) is 0 Å². The van der Waals surface area contributed by atoms with E-state index in [9.17, 15) is 4.79 Å². The molecule has 5 nitrogen and oxygen atoms in total. The molecule has 0 aliphatic rings. The van der Waals surface area contributed by atoms with Crippen LogP contribution in [0.1, 0.15) is 12.0 Å². The third-order valence-electron chi connectivity index (χ3n) is 4.58.